The van der Waals surface area contributed by atoms with Crippen LogP contribution in [0.2, 0.25) is 0 Å². The molecule has 0 radical (unpaired) electrons. The Bertz CT molecular complexity index is 415. The van der Waals surface area contributed by atoms with E-state index in [1.165, 1.54) is 24.0 Å². The fourth-order valence-corrected chi connectivity index (χ4v) is 2.32. The molecule has 1 unspecified atom stereocenters. The maximum absolute atomic E-state index is 5.87. The number of ether oxygens (including phenoxy) is 1. The summed E-state index contributed by atoms with van der Waals surface area (Å²) in [5, 5.41) is 3.53. The monoisotopic (exact) mass is 325 g/mol. The van der Waals surface area contributed by atoms with Gasteiger partial charge in [0.2, 0.25) is 0 Å². The zero-order valence-corrected chi connectivity index (χ0v) is 13.7. The lowest BCUT2D eigenvalue weighted by molar-refractivity contribution is 0.0232. The van der Waals surface area contributed by atoms with E-state index in [2.05, 4.69) is 60.2 Å². The Balaban J connectivity index is 1.86. The van der Waals surface area contributed by atoms with Crippen LogP contribution < -0.4 is 5.32 Å². The standard InChI is InChI=1S/C16H24BrNO/c1-11(2)12(3)19-10-14-5-4-13(8-16(14)17)9-18-15-6-7-15/h4-5,8,11-12,15,18H,6-7,9-10H2,1-3H3. The van der Waals surface area contributed by atoms with Gasteiger partial charge >= 0.3 is 0 Å². The van der Waals surface area contributed by atoms with E-state index in [0.717, 1.165) is 17.1 Å². The average Bonchev–Trinajstić information content (AvgIpc) is 3.18. The van der Waals surface area contributed by atoms with Crippen molar-refractivity contribution in [1.82, 2.24) is 5.32 Å². The second kappa shape index (κ2) is 6.87. The highest BCUT2D eigenvalue weighted by Gasteiger charge is 2.20. The van der Waals surface area contributed by atoms with Crippen molar-refractivity contribution in [2.45, 2.75) is 58.9 Å². The van der Waals surface area contributed by atoms with Gasteiger partial charge in [0, 0.05) is 17.1 Å². The van der Waals surface area contributed by atoms with Crippen LogP contribution in [0.25, 0.3) is 0 Å². The van der Waals surface area contributed by atoms with E-state index in [1.54, 1.807) is 0 Å². The number of hydrogen-bond acceptors (Lipinski definition) is 2. The molecule has 1 saturated carbocycles. The molecule has 0 spiro atoms. The van der Waals surface area contributed by atoms with Crippen molar-refractivity contribution in [3.8, 4) is 0 Å². The minimum absolute atomic E-state index is 0.295. The first-order chi connectivity index (χ1) is 9.06. The van der Waals surface area contributed by atoms with E-state index in [9.17, 15) is 0 Å². The average molecular weight is 326 g/mol. The lowest BCUT2D eigenvalue weighted by atomic mass is 10.1. The van der Waals surface area contributed by atoms with Crippen molar-refractivity contribution in [1.29, 1.82) is 0 Å². The van der Waals surface area contributed by atoms with Gasteiger partial charge in [-0.2, -0.15) is 0 Å². The summed E-state index contributed by atoms with van der Waals surface area (Å²) < 4.78 is 7.02. The Morgan fingerprint density at radius 3 is 2.63 bits per heavy atom. The van der Waals surface area contributed by atoms with Crippen LogP contribution in [0, 0.1) is 5.92 Å². The normalized spacial score (nSPS) is 16.9. The molecule has 0 amide bonds. The second-order valence-electron chi connectivity index (χ2n) is 5.84. The van der Waals surface area contributed by atoms with Crippen molar-refractivity contribution in [2.24, 2.45) is 5.92 Å². The molecule has 1 fully saturated rings. The van der Waals surface area contributed by atoms with Gasteiger partial charge in [0.15, 0.2) is 0 Å². The molecule has 0 saturated heterocycles. The van der Waals surface area contributed by atoms with Gasteiger partial charge in [-0.1, -0.05) is 41.9 Å². The Hall–Kier alpha value is -0.380. The summed E-state index contributed by atoms with van der Waals surface area (Å²) >= 11 is 3.65. The molecule has 2 rings (SSSR count). The lowest BCUT2D eigenvalue weighted by Crippen LogP contribution is -2.16. The maximum Gasteiger partial charge on any atom is 0.0731 e. The van der Waals surface area contributed by atoms with Crippen LogP contribution in [0.1, 0.15) is 44.7 Å². The third-order valence-corrected chi connectivity index (χ3v) is 4.47. The first kappa shape index (κ1) is 15.0. The molecular formula is C16H24BrNO. The Morgan fingerprint density at radius 2 is 2.05 bits per heavy atom. The molecule has 3 heteroatoms. The highest BCUT2D eigenvalue weighted by Crippen LogP contribution is 2.23. The third kappa shape index (κ3) is 4.90. The van der Waals surface area contributed by atoms with E-state index in [-0.39, 0.29) is 0 Å². The third-order valence-electron chi connectivity index (χ3n) is 3.73. The smallest absolute Gasteiger partial charge is 0.0731 e. The molecule has 1 atom stereocenters. The van der Waals surface area contributed by atoms with Crippen molar-refractivity contribution in [3.05, 3.63) is 33.8 Å². The molecule has 0 bridgehead atoms. The van der Waals surface area contributed by atoms with Gasteiger partial charge in [-0.3, -0.25) is 0 Å². The van der Waals surface area contributed by atoms with E-state index >= 15 is 0 Å². The fraction of sp³-hybridized carbons (Fsp3) is 0.625. The van der Waals surface area contributed by atoms with Crippen molar-refractivity contribution in [2.75, 3.05) is 0 Å². The van der Waals surface area contributed by atoms with Gasteiger partial charge in [0.1, 0.15) is 0 Å². The molecule has 1 N–H and O–H groups in total. The van der Waals surface area contributed by atoms with Crippen molar-refractivity contribution < 1.29 is 4.74 Å². The Kier molecular flexibility index (Phi) is 5.43. The first-order valence-electron chi connectivity index (χ1n) is 7.18. The molecule has 19 heavy (non-hydrogen) atoms. The zero-order chi connectivity index (χ0) is 13.8. The molecular weight excluding hydrogens is 302 g/mol. The summed E-state index contributed by atoms with van der Waals surface area (Å²) in [6.45, 7) is 8.15. The summed E-state index contributed by atoms with van der Waals surface area (Å²) in [4.78, 5) is 0. The van der Waals surface area contributed by atoms with E-state index in [1.807, 2.05) is 0 Å². The molecule has 1 aliphatic carbocycles. The largest absolute Gasteiger partial charge is 0.374 e. The highest BCUT2D eigenvalue weighted by molar-refractivity contribution is 9.10. The van der Waals surface area contributed by atoms with Gasteiger partial charge < -0.3 is 10.1 Å². The lowest BCUT2D eigenvalue weighted by Gasteiger charge is -2.17. The van der Waals surface area contributed by atoms with Gasteiger partial charge in [0.25, 0.3) is 0 Å². The number of halogens is 1. The van der Waals surface area contributed by atoms with Crippen molar-refractivity contribution in [3.63, 3.8) is 0 Å². The van der Waals surface area contributed by atoms with Crippen LogP contribution in [0.4, 0.5) is 0 Å². The van der Waals surface area contributed by atoms with Gasteiger partial charge in [-0.15, -0.1) is 0 Å². The Labute approximate surface area is 125 Å². The van der Waals surface area contributed by atoms with E-state index < -0.39 is 0 Å². The highest BCUT2D eigenvalue weighted by atomic mass is 79.9. The van der Waals surface area contributed by atoms with Gasteiger partial charge in [-0.05, 0) is 42.9 Å². The zero-order valence-electron chi connectivity index (χ0n) is 12.1. The molecule has 2 nitrogen and oxygen atoms in total. The summed E-state index contributed by atoms with van der Waals surface area (Å²) in [5.41, 5.74) is 2.56. The number of rotatable bonds is 7. The molecule has 0 heterocycles. The topological polar surface area (TPSA) is 21.3 Å². The molecule has 0 aliphatic heterocycles. The quantitative estimate of drug-likeness (QED) is 0.808. The minimum Gasteiger partial charge on any atom is -0.374 e. The Morgan fingerprint density at radius 1 is 1.32 bits per heavy atom. The van der Waals surface area contributed by atoms with Crippen LogP contribution in [0.15, 0.2) is 22.7 Å². The summed E-state index contributed by atoms with van der Waals surface area (Å²) in [6.07, 6.45) is 2.96. The fourth-order valence-electron chi connectivity index (χ4n) is 1.78. The number of nitrogens with one attached hydrogen (secondary N) is 1. The number of hydrogen-bond donors (Lipinski definition) is 1. The molecule has 106 valence electrons. The van der Waals surface area contributed by atoms with Crippen LogP contribution in [0.3, 0.4) is 0 Å². The van der Waals surface area contributed by atoms with Gasteiger partial charge in [-0.25, -0.2) is 0 Å². The van der Waals surface area contributed by atoms with Crippen LogP contribution >= 0.6 is 15.9 Å². The first-order valence-corrected chi connectivity index (χ1v) is 7.98. The van der Waals surface area contributed by atoms with Crippen molar-refractivity contribution >= 4 is 15.9 Å². The van der Waals surface area contributed by atoms with E-state index in [4.69, 9.17) is 4.74 Å². The minimum atomic E-state index is 0.295. The number of benzene rings is 1. The molecule has 1 aliphatic rings. The maximum atomic E-state index is 5.87. The van der Waals surface area contributed by atoms with Crippen LogP contribution in [-0.2, 0) is 17.9 Å². The predicted octanol–water partition coefficient (Wildman–Crippen LogP) is 4.26. The second-order valence-corrected chi connectivity index (χ2v) is 6.70. The molecule has 1 aromatic rings. The summed E-state index contributed by atoms with van der Waals surface area (Å²) in [6, 6.07) is 7.32. The van der Waals surface area contributed by atoms with Crippen LogP contribution in [-0.4, -0.2) is 12.1 Å². The van der Waals surface area contributed by atoms with Crippen LogP contribution in [0.5, 0.6) is 0 Å². The summed E-state index contributed by atoms with van der Waals surface area (Å²) in [7, 11) is 0. The SMILES string of the molecule is CC(C)C(C)OCc1ccc(CNC2CC2)cc1Br. The molecule has 0 aromatic heterocycles. The summed E-state index contributed by atoms with van der Waals surface area (Å²) in [5.74, 6) is 0.556. The molecule has 1 aromatic carbocycles. The van der Waals surface area contributed by atoms with Gasteiger partial charge in [0.05, 0.1) is 12.7 Å². The predicted molar refractivity (Wildman–Crippen MR) is 83.1 cm³/mol. The van der Waals surface area contributed by atoms with E-state index in [0.29, 0.717) is 18.6 Å².